The SMILES string of the molecule is Cc1cc(=O)oc2cc(OC(N)=S)ccc12. The molecule has 0 aliphatic carbocycles. The number of hydrogen-bond acceptors (Lipinski definition) is 4. The molecule has 0 atom stereocenters. The van der Waals surface area contributed by atoms with Gasteiger partial charge in [-0.3, -0.25) is 0 Å². The first kappa shape index (κ1) is 10.6. The van der Waals surface area contributed by atoms with Crippen molar-refractivity contribution >= 4 is 28.4 Å². The summed E-state index contributed by atoms with van der Waals surface area (Å²) in [6.45, 7) is 1.84. The van der Waals surface area contributed by atoms with Crippen molar-refractivity contribution in [1.29, 1.82) is 0 Å². The van der Waals surface area contributed by atoms with Gasteiger partial charge in [0.05, 0.1) is 0 Å². The Morgan fingerprint density at radius 1 is 1.44 bits per heavy atom. The molecule has 2 N–H and O–H groups in total. The zero-order chi connectivity index (χ0) is 11.7. The Morgan fingerprint density at radius 3 is 2.88 bits per heavy atom. The van der Waals surface area contributed by atoms with E-state index in [-0.39, 0.29) is 5.17 Å². The maximum Gasteiger partial charge on any atom is 0.336 e. The molecule has 0 bridgehead atoms. The van der Waals surface area contributed by atoms with Gasteiger partial charge in [-0.15, -0.1) is 0 Å². The summed E-state index contributed by atoms with van der Waals surface area (Å²) in [5.41, 5.74) is 6.17. The van der Waals surface area contributed by atoms with E-state index in [1.165, 1.54) is 6.07 Å². The topological polar surface area (TPSA) is 65.5 Å². The third-order valence-electron chi connectivity index (χ3n) is 2.14. The number of hydrogen-bond donors (Lipinski definition) is 1. The fraction of sp³-hybridized carbons (Fsp3) is 0.0909. The van der Waals surface area contributed by atoms with Crippen LogP contribution in [0.25, 0.3) is 11.0 Å². The van der Waals surface area contributed by atoms with Gasteiger partial charge in [0.2, 0.25) is 0 Å². The summed E-state index contributed by atoms with van der Waals surface area (Å²) in [6, 6.07) is 6.54. The molecule has 2 rings (SSSR count). The van der Waals surface area contributed by atoms with Crippen LogP contribution in [0.15, 0.2) is 33.5 Å². The summed E-state index contributed by atoms with van der Waals surface area (Å²) in [5.74, 6) is 0.453. The van der Waals surface area contributed by atoms with Gasteiger partial charge in [-0.2, -0.15) is 0 Å². The van der Waals surface area contributed by atoms with E-state index in [1.807, 2.05) is 6.92 Å². The first-order valence-corrected chi connectivity index (χ1v) is 4.99. The molecule has 0 aliphatic rings. The van der Waals surface area contributed by atoms with E-state index >= 15 is 0 Å². The van der Waals surface area contributed by atoms with Crippen LogP contribution in [0.1, 0.15) is 5.56 Å². The number of benzene rings is 1. The van der Waals surface area contributed by atoms with Crippen molar-refractivity contribution in [3.05, 3.63) is 40.2 Å². The van der Waals surface area contributed by atoms with Gasteiger partial charge in [0.15, 0.2) is 0 Å². The fourth-order valence-corrected chi connectivity index (χ4v) is 1.58. The molecule has 0 spiro atoms. The van der Waals surface area contributed by atoms with E-state index in [9.17, 15) is 4.79 Å². The van der Waals surface area contributed by atoms with E-state index in [2.05, 4.69) is 12.2 Å². The Kier molecular flexibility index (Phi) is 2.62. The highest BCUT2D eigenvalue weighted by Gasteiger charge is 2.04. The van der Waals surface area contributed by atoms with Crippen LogP contribution in [0.3, 0.4) is 0 Å². The van der Waals surface area contributed by atoms with E-state index in [0.717, 1.165) is 10.9 Å². The Bertz CT molecular complexity index is 618. The minimum Gasteiger partial charge on any atom is -0.432 e. The molecular weight excluding hydrogens is 226 g/mol. The normalized spacial score (nSPS) is 10.3. The molecule has 1 aromatic heterocycles. The number of thiocarbonyl (C=S) groups is 1. The average molecular weight is 235 g/mol. The lowest BCUT2D eigenvalue weighted by Gasteiger charge is -2.04. The number of rotatable bonds is 1. The van der Waals surface area contributed by atoms with Gasteiger partial charge < -0.3 is 14.9 Å². The lowest BCUT2D eigenvalue weighted by molar-refractivity contribution is 0.541. The standard InChI is InChI=1S/C11H9NO3S/c1-6-4-10(13)15-9-5-7(14-11(12)16)2-3-8(6)9/h2-5H,1H3,(H2,12,16). The van der Waals surface area contributed by atoms with Crippen LogP contribution in [0.4, 0.5) is 0 Å². The second-order valence-electron chi connectivity index (χ2n) is 3.33. The van der Waals surface area contributed by atoms with Crippen molar-refractivity contribution < 1.29 is 9.15 Å². The Labute approximate surface area is 96.6 Å². The third-order valence-corrected chi connectivity index (χ3v) is 2.22. The summed E-state index contributed by atoms with van der Waals surface area (Å²) < 4.78 is 10.1. The Morgan fingerprint density at radius 2 is 2.19 bits per heavy atom. The summed E-state index contributed by atoms with van der Waals surface area (Å²) in [6.07, 6.45) is 0. The number of fused-ring (bicyclic) bond motifs is 1. The lowest BCUT2D eigenvalue weighted by Crippen LogP contribution is -2.15. The van der Waals surface area contributed by atoms with Crippen molar-refractivity contribution in [3.63, 3.8) is 0 Å². The summed E-state index contributed by atoms with van der Waals surface area (Å²) >= 11 is 4.62. The maximum atomic E-state index is 11.2. The molecular formula is C11H9NO3S. The maximum absolute atomic E-state index is 11.2. The number of ether oxygens (including phenoxy) is 1. The van der Waals surface area contributed by atoms with Gasteiger partial charge in [-0.1, -0.05) is 0 Å². The molecule has 5 heteroatoms. The van der Waals surface area contributed by atoms with E-state index in [4.69, 9.17) is 14.9 Å². The molecule has 0 amide bonds. The quantitative estimate of drug-likeness (QED) is 0.602. The minimum absolute atomic E-state index is 0.0747. The van der Waals surface area contributed by atoms with Crippen LogP contribution in [-0.2, 0) is 0 Å². The zero-order valence-corrected chi connectivity index (χ0v) is 9.34. The van der Waals surface area contributed by atoms with E-state index < -0.39 is 5.63 Å². The minimum atomic E-state index is -0.391. The smallest absolute Gasteiger partial charge is 0.336 e. The predicted octanol–water partition coefficient (Wildman–Crippen LogP) is 1.72. The van der Waals surface area contributed by atoms with Crippen LogP contribution < -0.4 is 16.1 Å². The van der Waals surface area contributed by atoms with E-state index in [0.29, 0.717) is 11.3 Å². The highest BCUT2D eigenvalue weighted by molar-refractivity contribution is 7.80. The predicted molar refractivity (Wildman–Crippen MR) is 64.6 cm³/mol. The van der Waals surface area contributed by atoms with Gasteiger partial charge in [-0.25, -0.2) is 4.79 Å². The van der Waals surface area contributed by atoms with Crippen molar-refractivity contribution in [3.8, 4) is 5.75 Å². The molecule has 2 aromatic rings. The molecule has 1 aromatic carbocycles. The number of aryl methyl sites for hydroxylation is 1. The monoisotopic (exact) mass is 235 g/mol. The summed E-state index contributed by atoms with van der Waals surface area (Å²) in [7, 11) is 0. The largest absolute Gasteiger partial charge is 0.432 e. The lowest BCUT2D eigenvalue weighted by atomic mass is 10.1. The Hall–Kier alpha value is -1.88. The average Bonchev–Trinajstić information content (AvgIpc) is 2.15. The number of nitrogens with two attached hydrogens (primary N) is 1. The van der Waals surface area contributed by atoms with Gasteiger partial charge in [-0.05, 0) is 36.8 Å². The Balaban J connectivity index is 2.61. The molecule has 0 aliphatic heterocycles. The van der Waals surface area contributed by atoms with Crippen molar-refractivity contribution in [1.82, 2.24) is 0 Å². The van der Waals surface area contributed by atoms with Gasteiger partial charge in [0, 0.05) is 17.5 Å². The van der Waals surface area contributed by atoms with Crippen molar-refractivity contribution in [2.75, 3.05) is 0 Å². The van der Waals surface area contributed by atoms with Gasteiger partial charge in [0.25, 0.3) is 5.17 Å². The zero-order valence-electron chi connectivity index (χ0n) is 8.52. The summed E-state index contributed by atoms with van der Waals surface area (Å²) in [5, 5.41) is 0.782. The third kappa shape index (κ3) is 2.04. The molecule has 0 saturated carbocycles. The second-order valence-corrected chi connectivity index (χ2v) is 3.73. The highest BCUT2D eigenvalue weighted by atomic mass is 32.1. The highest BCUT2D eigenvalue weighted by Crippen LogP contribution is 2.21. The van der Waals surface area contributed by atoms with Crippen LogP contribution in [-0.4, -0.2) is 5.17 Å². The molecule has 0 radical (unpaired) electrons. The van der Waals surface area contributed by atoms with E-state index in [1.54, 1.807) is 18.2 Å². The van der Waals surface area contributed by atoms with Crippen LogP contribution in [0.5, 0.6) is 5.75 Å². The molecule has 4 nitrogen and oxygen atoms in total. The van der Waals surface area contributed by atoms with Crippen molar-refractivity contribution in [2.45, 2.75) is 6.92 Å². The molecule has 16 heavy (non-hydrogen) atoms. The van der Waals surface area contributed by atoms with Crippen LogP contribution >= 0.6 is 12.2 Å². The molecule has 1 heterocycles. The van der Waals surface area contributed by atoms with Crippen LogP contribution in [0, 0.1) is 6.92 Å². The first-order chi connectivity index (χ1) is 7.56. The molecule has 0 fully saturated rings. The second kappa shape index (κ2) is 3.94. The van der Waals surface area contributed by atoms with Gasteiger partial charge >= 0.3 is 5.63 Å². The molecule has 82 valence electrons. The fourth-order valence-electron chi connectivity index (χ4n) is 1.48. The first-order valence-electron chi connectivity index (χ1n) is 4.58. The van der Waals surface area contributed by atoms with Crippen LogP contribution in [0.2, 0.25) is 0 Å². The molecule has 0 unspecified atom stereocenters. The van der Waals surface area contributed by atoms with Gasteiger partial charge in [0.1, 0.15) is 11.3 Å². The van der Waals surface area contributed by atoms with Crippen molar-refractivity contribution in [2.24, 2.45) is 5.73 Å². The molecule has 0 saturated heterocycles. The summed E-state index contributed by atoms with van der Waals surface area (Å²) in [4.78, 5) is 11.2.